The Morgan fingerprint density at radius 3 is 3.23 bits per heavy atom. The Morgan fingerprint density at radius 2 is 2.45 bits per heavy atom. The molecule has 0 spiro atoms. The number of nitrogens with zero attached hydrogens (tertiary/aromatic N) is 3. The van der Waals surface area contributed by atoms with Gasteiger partial charge in [-0.2, -0.15) is 4.98 Å². The van der Waals surface area contributed by atoms with Gasteiger partial charge in [0.05, 0.1) is 17.6 Å². The number of thiophene rings is 1. The van der Waals surface area contributed by atoms with Crippen LogP contribution >= 0.6 is 11.3 Å². The Hall–Kier alpha value is -1.73. The van der Waals surface area contributed by atoms with Gasteiger partial charge in [0.25, 0.3) is 0 Å². The zero-order valence-electron chi connectivity index (χ0n) is 12.5. The molecule has 7 heteroatoms. The van der Waals surface area contributed by atoms with Gasteiger partial charge in [-0.1, -0.05) is 18.1 Å². The highest BCUT2D eigenvalue weighted by molar-refractivity contribution is 7.13. The number of aryl methyl sites for hydroxylation is 1. The van der Waals surface area contributed by atoms with E-state index in [1.54, 1.807) is 11.3 Å². The molecule has 118 valence electrons. The van der Waals surface area contributed by atoms with Gasteiger partial charge in [0.1, 0.15) is 0 Å². The van der Waals surface area contributed by atoms with Gasteiger partial charge < -0.3 is 14.2 Å². The topological polar surface area (TPSA) is 68.5 Å². The maximum Gasteiger partial charge on any atom is 0.227 e. The smallest absolute Gasteiger partial charge is 0.227 e. The molecule has 1 aliphatic heterocycles. The lowest BCUT2D eigenvalue weighted by atomic mass is 10.2. The van der Waals surface area contributed by atoms with Crippen LogP contribution in [0.1, 0.15) is 25.7 Å². The van der Waals surface area contributed by atoms with Gasteiger partial charge in [-0.05, 0) is 17.9 Å². The molecule has 1 fully saturated rings. The lowest BCUT2D eigenvalue weighted by Crippen LogP contribution is -2.45. The summed E-state index contributed by atoms with van der Waals surface area (Å²) in [5.41, 5.74) is 0. The van der Waals surface area contributed by atoms with Crippen molar-refractivity contribution in [2.24, 2.45) is 0 Å². The van der Waals surface area contributed by atoms with Gasteiger partial charge in [0.15, 0.2) is 0 Å². The van der Waals surface area contributed by atoms with Crippen LogP contribution in [0.25, 0.3) is 10.7 Å². The Morgan fingerprint density at radius 1 is 1.55 bits per heavy atom. The Bertz CT molecular complexity index is 611. The van der Waals surface area contributed by atoms with Crippen LogP contribution in [0.3, 0.4) is 0 Å². The minimum Gasteiger partial charge on any atom is -0.375 e. The van der Waals surface area contributed by atoms with E-state index >= 15 is 0 Å². The van der Waals surface area contributed by atoms with Crippen LogP contribution in [-0.2, 0) is 16.0 Å². The summed E-state index contributed by atoms with van der Waals surface area (Å²) in [6, 6.07) is 3.89. The first kappa shape index (κ1) is 15.2. The van der Waals surface area contributed by atoms with Crippen LogP contribution < -0.4 is 0 Å². The molecule has 2 aromatic rings. The summed E-state index contributed by atoms with van der Waals surface area (Å²) >= 11 is 1.57. The van der Waals surface area contributed by atoms with Crippen LogP contribution in [0.15, 0.2) is 22.0 Å². The van der Waals surface area contributed by atoms with Crippen LogP contribution in [0.5, 0.6) is 0 Å². The highest BCUT2D eigenvalue weighted by atomic mass is 32.1. The van der Waals surface area contributed by atoms with Crippen LogP contribution in [0.4, 0.5) is 0 Å². The van der Waals surface area contributed by atoms with Crippen LogP contribution in [0, 0.1) is 0 Å². The highest BCUT2D eigenvalue weighted by Crippen LogP contribution is 2.21. The van der Waals surface area contributed by atoms with Crippen molar-refractivity contribution in [3.05, 3.63) is 23.4 Å². The largest absolute Gasteiger partial charge is 0.375 e. The summed E-state index contributed by atoms with van der Waals surface area (Å²) in [4.78, 5) is 19.4. The summed E-state index contributed by atoms with van der Waals surface area (Å²) in [5.74, 6) is 1.23. The molecule has 1 aliphatic rings. The predicted octanol–water partition coefficient (Wildman–Crippen LogP) is 2.37. The molecular weight excluding hydrogens is 302 g/mol. The molecule has 3 rings (SSSR count). The number of morpholine rings is 1. The Labute approximate surface area is 133 Å². The third-order valence-corrected chi connectivity index (χ3v) is 4.58. The van der Waals surface area contributed by atoms with Gasteiger partial charge in [-0.3, -0.25) is 4.79 Å². The lowest BCUT2D eigenvalue weighted by Gasteiger charge is -2.32. The van der Waals surface area contributed by atoms with E-state index in [-0.39, 0.29) is 12.0 Å². The minimum atomic E-state index is 0.123. The van der Waals surface area contributed by atoms with Crippen molar-refractivity contribution in [1.82, 2.24) is 15.0 Å². The first-order valence-electron chi connectivity index (χ1n) is 7.52. The SMILES string of the molecule is CC[C@H]1CN(C(=O)CCc2nc(-c3cccs3)no2)CCO1. The molecule has 0 unspecified atom stereocenters. The molecule has 0 N–H and O–H groups in total. The molecule has 0 aliphatic carbocycles. The summed E-state index contributed by atoms with van der Waals surface area (Å²) in [5, 5.41) is 5.92. The molecule has 0 bridgehead atoms. The lowest BCUT2D eigenvalue weighted by molar-refractivity contribution is -0.138. The van der Waals surface area contributed by atoms with Gasteiger partial charge in [0.2, 0.25) is 17.6 Å². The number of carbonyl (C=O) groups excluding carboxylic acids is 1. The number of rotatable bonds is 5. The summed E-state index contributed by atoms with van der Waals surface area (Å²) in [6.45, 7) is 4.04. The molecule has 22 heavy (non-hydrogen) atoms. The second kappa shape index (κ2) is 7.02. The maximum absolute atomic E-state index is 12.3. The first-order chi connectivity index (χ1) is 10.8. The van der Waals surface area contributed by atoms with Gasteiger partial charge in [-0.15, -0.1) is 11.3 Å². The summed E-state index contributed by atoms with van der Waals surface area (Å²) in [7, 11) is 0. The van der Waals surface area contributed by atoms with E-state index in [1.807, 2.05) is 22.4 Å². The van der Waals surface area contributed by atoms with Crippen molar-refractivity contribution in [1.29, 1.82) is 0 Å². The number of carbonyl (C=O) groups is 1. The quantitative estimate of drug-likeness (QED) is 0.845. The zero-order chi connectivity index (χ0) is 15.4. The second-order valence-electron chi connectivity index (χ2n) is 5.23. The number of amides is 1. The number of ether oxygens (including phenoxy) is 1. The standard InChI is InChI=1S/C15H19N3O3S/c1-2-11-10-18(7-8-20-11)14(19)6-5-13-16-15(17-21-13)12-4-3-9-22-12/h3-4,9,11H,2,5-8,10H2,1H3/t11-/m0/s1. The molecule has 2 aromatic heterocycles. The fraction of sp³-hybridized carbons (Fsp3) is 0.533. The van der Waals surface area contributed by atoms with Gasteiger partial charge in [-0.25, -0.2) is 0 Å². The third kappa shape index (κ3) is 3.53. The minimum absolute atomic E-state index is 0.123. The second-order valence-corrected chi connectivity index (χ2v) is 6.18. The van der Waals surface area contributed by atoms with Gasteiger partial charge in [0, 0.05) is 25.9 Å². The first-order valence-corrected chi connectivity index (χ1v) is 8.40. The normalized spacial score (nSPS) is 18.6. The highest BCUT2D eigenvalue weighted by Gasteiger charge is 2.23. The molecule has 6 nitrogen and oxygen atoms in total. The van der Waals surface area contributed by atoms with Crippen molar-refractivity contribution >= 4 is 17.2 Å². The van der Waals surface area contributed by atoms with Crippen molar-refractivity contribution < 1.29 is 14.1 Å². The van der Waals surface area contributed by atoms with Crippen molar-refractivity contribution in [2.75, 3.05) is 19.7 Å². The average molecular weight is 321 g/mol. The van der Waals surface area contributed by atoms with E-state index in [2.05, 4.69) is 17.1 Å². The molecular formula is C15H19N3O3S. The molecule has 3 heterocycles. The molecule has 1 amide bonds. The summed E-state index contributed by atoms with van der Waals surface area (Å²) < 4.78 is 10.8. The Balaban J connectivity index is 1.53. The van der Waals surface area contributed by atoms with Crippen molar-refractivity contribution in [3.63, 3.8) is 0 Å². The third-order valence-electron chi connectivity index (χ3n) is 3.71. The van der Waals surface area contributed by atoms with E-state index in [0.29, 0.717) is 44.3 Å². The Kier molecular flexibility index (Phi) is 4.84. The van der Waals surface area contributed by atoms with Crippen LogP contribution in [0.2, 0.25) is 0 Å². The number of hydrogen-bond donors (Lipinski definition) is 0. The fourth-order valence-corrected chi connectivity index (χ4v) is 3.08. The van der Waals surface area contributed by atoms with E-state index < -0.39 is 0 Å². The predicted molar refractivity (Wildman–Crippen MR) is 82.5 cm³/mol. The van der Waals surface area contributed by atoms with E-state index in [9.17, 15) is 4.79 Å². The van der Waals surface area contributed by atoms with Crippen molar-refractivity contribution in [3.8, 4) is 10.7 Å². The average Bonchev–Trinajstić information content (AvgIpc) is 3.23. The van der Waals surface area contributed by atoms with E-state index in [0.717, 1.165) is 11.3 Å². The van der Waals surface area contributed by atoms with E-state index in [4.69, 9.17) is 9.26 Å². The zero-order valence-corrected chi connectivity index (χ0v) is 13.3. The molecule has 1 saturated heterocycles. The van der Waals surface area contributed by atoms with E-state index in [1.165, 1.54) is 0 Å². The molecule has 0 saturated carbocycles. The molecule has 1 atom stereocenters. The van der Waals surface area contributed by atoms with Crippen LogP contribution in [-0.4, -0.2) is 46.7 Å². The van der Waals surface area contributed by atoms with Gasteiger partial charge >= 0.3 is 0 Å². The number of aromatic nitrogens is 2. The van der Waals surface area contributed by atoms with Crippen molar-refractivity contribution in [2.45, 2.75) is 32.3 Å². The summed E-state index contributed by atoms with van der Waals surface area (Å²) in [6.07, 6.45) is 1.96. The maximum atomic E-state index is 12.3. The molecule has 0 aromatic carbocycles. The molecule has 0 radical (unpaired) electrons. The monoisotopic (exact) mass is 321 g/mol. The fourth-order valence-electron chi connectivity index (χ4n) is 2.43. The number of hydrogen-bond acceptors (Lipinski definition) is 6.